The van der Waals surface area contributed by atoms with E-state index in [0.717, 1.165) is 11.1 Å². The maximum atomic E-state index is 10.1. The number of hydrogen-bond donors (Lipinski definition) is 1. The third-order valence-electron chi connectivity index (χ3n) is 3.05. The van der Waals surface area contributed by atoms with Gasteiger partial charge in [-0.05, 0) is 44.4 Å². The van der Waals surface area contributed by atoms with Crippen LogP contribution in [-0.2, 0) is 0 Å². The average Bonchev–Trinajstić information content (AvgIpc) is 2.41. The van der Waals surface area contributed by atoms with E-state index in [2.05, 4.69) is 40.2 Å². The molecule has 0 atom stereocenters. The average molecular weight is 299 g/mol. The summed E-state index contributed by atoms with van der Waals surface area (Å²) in [7, 11) is 0. The quantitative estimate of drug-likeness (QED) is 0.672. The van der Waals surface area contributed by atoms with Crippen LogP contribution in [0.3, 0.4) is 0 Å². The lowest BCUT2D eigenvalue weighted by atomic mass is 10.0. The van der Waals surface area contributed by atoms with E-state index < -0.39 is 0 Å². The zero-order chi connectivity index (χ0) is 12.5. The van der Waals surface area contributed by atoms with Gasteiger partial charge in [-0.25, -0.2) is 0 Å². The number of fused-ring (bicyclic) bond motifs is 1. The molecule has 0 bridgehead atoms. The van der Waals surface area contributed by atoms with Gasteiger partial charge in [0, 0.05) is 5.56 Å². The zero-order valence-electron chi connectivity index (χ0n) is 9.60. The van der Waals surface area contributed by atoms with Crippen molar-refractivity contribution in [2.75, 3.05) is 0 Å². The van der Waals surface area contributed by atoms with Crippen molar-refractivity contribution in [1.29, 1.82) is 0 Å². The summed E-state index contributed by atoms with van der Waals surface area (Å²) >= 11 is 3.34. The monoisotopic (exact) mass is 298 g/mol. The van der Waals surface area contributed by atoms with Gasteiger partial charge in [0.1, 0.15) is 5.75 Å². The third kappa shape index (κ3) is 1.89. The van der Waals surface area contributed by atoms with Crippen molar-refractivity contribution in [1.82, 2.24) is 0 Å². The highest BCUT2D eigenvalue weighted by Gasteiger charge is 2.07. The molecule has 0 unspecified atom stereocenters. The van der Waals surface area contributed by atoms with Gasteiger partial charge in [0.2, 0.25) is 0 Å². The Morgan fingerprint density at radius 1 is 0.778 bits per heavy atom. The van der Waals surface area contributed by atoms with E-state index in [-0.39, 0.29) is 5.75 Å². The highest BCUT2D eigenvalue weighted by Crippen LogP contribution is 2.36. The SMILES string of the molecule is Oc1c(Br)cccc1-c1ccc2ccccc2c1. The Bertz CT molecular complexity index is 719. The Labute approximate surface area is 114 Å². The Morgan fingerprint density at radius 2 is 1.56 bits per heavy atom. The molecule has 0 spiro atoms. The molecular formula is C16H11BrO. The first-order valence-electron chi connectivity index (χ1n) is 5.72. The van der Waals surface area contributed by atoms with Crippen LogP contribution in [0.15, 0.2) is 65.1 Å². The molecule has 2 heteroatoms. The van der Waals surface area contributed by atoms with E-state index in [0.29, 0.717) is 4.47 Å². The van der Waals surface area contributed by atoms with Crippen molar-refractivity contribution in [2.45, 2.75) is 0 Å². The van der Waals surface area contributed by atoms with Crippen LogP contribution < -0.4 is 0 Å². The summed E-state index contributed by atoms with van der Waals surface area (Å²) in [5, 5.41) is 12.5. The molecule has 0 aliphatic rings. The lowest BCUT2D eigenvalue weighted by molar-refractivity contribution is 0.474. The number of aromatic hydroxyl groups is 1. The fourth-order valence-electron chi connectivity index (χ4n) is 2.11. The van der Waals surface area contributed by atoms with Gasteiger partial charge in [-0.2, -0.15) is 0 Å². The van der Waals surface area contributed by atoms with Crippen molar-refractivity contribution in [3.05, 3.63) is 65.1 Å². The van der Waals surface area contributed by atoms with E-state index in [1.807, 2.05) is 36.4 Å². The molecule has 0 aromatic heterocycles. The Morgan fingerprint density at radius 3 is 2.39 bits per heavy atom. The second-order valence-corrected chi connectivity index (χ2v) is 5.05. The fraction of sp³-hybridized carbons (Fsp3) is 0. The molecular weight excluding hydrogens is 288 g/mol. The molecule has 88 valence electrons. The normalized spacial score (nSPS) is 10.7. The number of para-hydroxylation sites is 1. The second kappa shape index (κ2) is 4.46. The molecule has 1 nitrogen and oxygen atoms in total. The minimum Gasteiger partial charge on any atom is -0.506 e. The molecule has 1 N–H and O–H groups in total. The van der Waals surface area contributed by atoms with E-state index in [1.165, 1.54) is 10.8 Å². The Balaban J connectivity index is 2.22. The van der Waals surface area contributed by atoms with Gasteiger partial charge in [0.05, 0.1) is 4.47 Å². The van der Waals surface area contributed by atoms with Gasteiger partial charge in [-0.1, -0.05) is 48.5 Å². The summed E-state index contributed by atoms with van der Waals surface area (Å²) in [4.78, 5) is 0. The van der Waals surface area contributed by atoms with Crippen LogP contribution in [0.2, 0.25) is 0 Å². The lowest BCUT2D eigenvalue weighted by Crippen LogP contribution is -1.81. The van der Waals surface area contributed by atoms with Crippen molar-refractivity contribution in [3.8, 4) is 16.9 Å². The number of rotatable bonds is 1. The maximum absolute atomic E-state index is 10.1. The van der Waals surface area contributed by atoms with Gasteiger partial charge >= 0.3 is 0 Å². The molecule has 0 aliphatic heterocycles. The van der Waals surface area contributed by atoms with E-state index >= 15 is 0 Å². The van der Waals surface area contributed by atoms with Gasteiger partial charge in [0.25, 0.3) is 0 Å². The van der Waals surface area contributed by atoms with E-state index in [9.17, 15) is 5.11 Å². The van der Waals surface area contributed by atoms with Crippen molar-refractivity contribution < 1.29 is 5.11 Å². The first kappa shape index (κ1) is 11.3. The number of halogens is 1. The van der Waals surface area contributed by atoms with Gasteiger partial charge in [-0.15, -0.1) is 0 Å². The van der Waals surface area contributed by atoms with Crippen LogP contribution >= 0.6 is 15.9 Å². The molecule has 0 fully saturated rings. The zero-order valence-corrected chi connectivity index (χ0v) is 11.2. The highest BCUT2D eigenvalue weighted by atomic mass is 79.9. The van der Waals surface area contributed by atoms with Crippen LogP contribution in [0.5, 0.6) is 5.75 Å². The van der Waals surface area contributed by atoms with Crippen LogP contribution in [0, 0.1) is 0 Å². The van der Waals surface area contributed by atoms with Gasteiger partial charge in [-0.3, -0.25) is 0 Å². The smallest absolute Gasteiger partial charge is 0.137 e. The summed E-state index contributed by atoms with van der Waals surface area (Å²) in [5.74, 6) is 0.285. The molecule has 0 amide bonds. The second-order valence-electron chi connectivity index (χ2n) is 4.20. The number of phenolic OH excluding ortho intramolecular Hbond substituents is 1. The summed E-state index contributed by atoms with van der Waals surface area (Å²) < 4.78 is 0.716. The minimum atomic E-state index is 0.285. The first-order chi connectivity index (χ1) is 8.75. The van der Waals surface area contributed by atoms with Crippen molar-refractivity contribution in [3.63, 3.8) is 0 Å². The summed E-state index contributed by atoms with van der Waals surface area (Å²) in [6.45, 7) is 0. The minimum absolute atomic E-state index is 0.285. The molecule has 0 aliphatic carbocycles. The number of benzene rings is 3. The topological polar surface area (TPSA) is 20.2 Å². The molecule has 0 saturated heterocycles. The van der Waals surface area contributed by atoms with E-state index in [1.54, 1.807) is 0 Å². The fourth-order valence-corrected chi connectivity index (χ4v) is 2.47. The molecule has 3 rings (SSSR count). The predicted octanol–water partition coefficient (Wildman–Crippen LogP) is 4.97. The highest BCUT2D eigenvalue weighted by molar-refractivity contribution is 9.10. The molecule has 0 saturated carbocycles. The van der Waals surface area contributed by atoms with Crippen LogP contribution in [0.4, 0.5) is 0 Å². The molecule has 0 heterocycles. The van der Waals surface area contributed by atoms with Gasteiger partial charge in [0.15, 0.2) is 0 Å². The Hall–Kier alpha value is -1.80. The van der Waals surface area contributed by atoms with Crippen LogP contribution in [-0.4, -0.2) is 5.11 Å². The van der Waals surface area contributed by atoms with Crippen LogP contribution in [0.25, 0.3) is 21.9 Å². The number of hydrogen-bond acceptors (Lipinski definition) is 1. The number of phenols is 1. The van der Waals surface area contributed by atoms with E-state index in [4.69, 9.17) is 0 Å². The molecule has 0 radical (unpaired) electrons. The molecule has 18 heavy (non-hydrogen) atoms. The summed E-state index contributed by atoms with van der Waals surface area (Å²) in [6, 6.07) is 20.1. The lowest BCUT2D eigenvalue weighted by Gasteiger charge is -2.07. The third-order valence-corrected chi connectivity index (χ3v) is 3.69. The summed E-state index contributed by atoms with van der Waals surface area (Å²) in [6.07, 6.45) is 0. The van der Waals surface area contributed by atoms with Crippen molar-refractivity contribution >= 4 is 26.7 Å². The standard InChI is InChI=1S/C16H11BrO/c17-15-7-3-6-14(16(15)18)13-9-8-11-4-1-2-5-12(11)10-13/h1-10,18H. The predicted molar refractivity (Wildman–Crippen MR) is 78.7 cm³/mol. The van der Waals surface area contributed by atoms with Crippen molar-refractivity contribution in [2.24, 2.45) is 0 Å². The molecule has 3 aromatic carbocycles. The summed E-state index contributed by atoms with van der Waals surface area (Å²) in [5.41, 5.74) is 1.86. The molecule has 3 aromatic rings. The Kier molecular flexibility index (Phi) is 2.80. The van der Waals surface area contributed by atoms with Gasteiger partial charge < -0.3 is 5.11 Å². The van der Waals surface area contributed by atoms with Crippen LogP contribution in [0.1, 0.15) is 0 Å². The largest absolute Gasteiger partial charge is 0.506 e. The first-order valence-corrected chi connectivity index (χ1v) is 6.51. The maximum Gasteiger partial charge on any atom is 0.137 e.